The summed E-state index contributed by atoms with van der Waals surface area (Å²) in [6, 6.07) is 8.56. The molecule has 0 aromatic heterocycles. The molecule has 0 aliphatic rings. The van der Waals surface area contributed by atoms with E-state index in [2.05, 4.69) is 38.1 Å². The molecule has 1 nitrogen and oxygen atoms in total. The summed E-state index contributed by atoms with van der Waals surface area (Å²) >= 11 is 0. The van der Waals surface area contributed by atoms with E-state index in [0.29, 0.717) is 5.92 Å². The van der Waals surface area contributed by atoms with Crippen molar-refractivity contribution >= 4 is 0 Å². The molecular formula is C12H18O. The van der Waals surface area contributed by atoms with Crippen LogP contribution in [0.25, 0.3) is 0 Å². The highest BCUT2D eigenvalue weighted by molar-refractivity contribution is 5.25. The van der Waals surface area contributed by atoms with Gasteiger partial charge < -0.3 is 5.11 Å². The molecule has 0 fully saturated rings. The fraction of sp³-hybridized carbons (Fsp3) is 0.500. The molecule has 0 saturated carbocycles. The molecular weight excluding hydrogens is 160 g/mol. The van der Waals surface area contributed by atoms with Gasteiger partial charge in [0.1, 0.15) is 0 Å². The van der Waals surface area contributed by atoms with Crippen LogP contribution in [0.5, 0.6) is 0 Å². The minimum Gasteiger partial charge on any atom is -0.396 e. The van der Waals surface area contributed by atoms with Gasteiger partial charge in [0.15, 0.2) is 0 Å². The van der Waals surface area contributed by atoms with Crippen molar-refractivity contribution in [2.75, 3.05) is 6.61 Å². The van der Waals surface area contributed by atoms with Crippen molar-refractivity contribution in [2.24, 2.45) is 0 Å². The smallest absolute Gasteiger partial charge is 0.0436 e. The molecule has 0 aliphatic heterocycles. The molecule has 1 heteroatoms. The zero-order valence-corrected chi connectivity index (χ0v) is 8.46. The zero-order valence-electron chi connectivity index (χ0n) is 8.46. The van der Waals surface area contributed by atoms with Crippen molar-refractivity contribution in [3.8, 4) is 0 Å². The number of aryl methyl sites for hydroxylation is 1. The second kappa shape index (κ2) is 5.03. The van der Waals surface area contributed by atoms with Gasteiger partial charge in [0.05, 0.1) is 0 Å². The molecule has 1 atom stereocenters. The van der Waals surface area contributed by atoms with Crippen LogP contribution in [0, 0.1) is 6.92 Å². The van der Waals surface area contributed by atoms with Gasteiger partial charge in [0.2, 0.25) is 0 Å². The maximum Gasteiger partial charge on any atom is 0.0436 e. The Morgan fingerprint density at radius 3 is 2.69 bits per heavy atom. The lowest BCUT2D eigenvalue weighted by atomic mass is 9.93. The Balaban J connectivity index is 2.78. The quantitative estimate of drug-likeness (QED) is 0.751. The first-order chi connectivity index (χ1) is 6.27. The molecule has 0 amide bonds. The summed E-state index contributed by atoms with van der Waals surface area (Å²) in [5.74, 6) is 0.518. The first kappa shape index (κ1) is 10.3. The van der Waals surface area contributed by atoms with Crippen LogP contribution in [0.1, 0.15) is 36.8 Å². The number of benzene rings is 1. The minimum absolute atomic E-state index is 0.284. The van der Waals surface area contributed by atoms with Gasteiger partial charge in [0, 0.05) is 6.61 Å². The monoisotopic (exact) mass is 178 g/mol. The predicted octanol–water partition coefficient (Wildman–Crippen LogP) is 2.87. The van der Waals surface area contributed by atoms with Gasteiger partial charge in [-0.15, -0.1) is 0 Å². The molecule has 1 rings (SSSR count). The molecule has 0 heterocycles. The Bertz CT molecular complexity index is 255. The highest BCUT2D eigenvalue weighted by Gasteiger charge is 2.07. The summed E-state index contributed by atoms with van der Waals surface area (Å²) in [5.41, 5.74) is 2.66. The normalized spacial score (nSPS) is 12.8. The van der Waals surface area contributed by atoms with Gasteiger partial charge in [-0.1, -0.05) is 36.8 Å². The second-order valence-corrected chi connectivity index (χ2v) is 3.53. The lowest BCUT2D eigenvalue weighted by molar-refractivity contribution is 0.274. The lowest BCUT2D eigenvalue weighted by Gasteiger charge is -2.14. The van der Waals surface area contributed by atoms with E-state index < -0.39 is 0 Å². The van der Waals surface area contributed by atoms with E-state index in [-0.39, 0.29) is 6.61 Å². The topological polar surface area (TPSA) is 20.2 Å². The number of aliphatic hydroxyl groups is 1. The average molecular weight is 178 g/mol. The Kier molecular flexibility index (Phi) is 3.97. The van der Waals surface area contributed by atoms with Gasteiger partial charge in [-0.3, -0.25) is 0 Å². The Labute approximate surface area is 80.4 Å². The van der Waals surface area contributed by atoms with Gasteiger partial charge in [-0.25, -0.2) is 0 Å². The van der Waals surface area contributed by atoms with Crippen LogP contribution >= 0.6 is 0 Å². The fourth-order valence-electron chi connectivity index (χ4n) is 1.69. The average Bonchev–Trinajstić information content (AvgIpc) is 2.14. The van der Waals surface area contributed by atoms with Gasteiger partial charge in [-0.05, 0) is 31.2 Å². The van der Waals surface area contributed by atoms with E-state index in [0.717, 1.165) is 12.8 Å². The third-order valence-electron chi connectivity index (χ3n) is 2.48. The zero-order chi connectivity index (χ0) is 9.68. The number of hydrogen-bond donors (Lipinski definition) is 1. The Morgan fingerprint density at radius 1 is 1.38 bits per heavy atom. The van der Waals surface area contributed by atoms with Crippen LogP contribution in [0.15, 0.2) is 24.3 Å². The third kappa shape index (κ3) is 2.85. The Morgan fingerprint density at radius 2 is 2.15 bits per heavy atom. The fourth-order valence-corrected chi connectivity index (χ4v) is 1.69. The largest absolute Gasteiger partial charge is 0.396 e. The molecule has 0 aliphatic carbocycles. The molecule has 13 heavy (non-hydrogen) atoms. The maximum absolute atomic E-state index is 8.90. The summed E-state index contributed by atoms with van der Waals surface area (Å²) in [7, 11) is 0. The number of rotatable bonds is 4. The van der Waals surface area contributed by atoms with Gasteiger partial charge in [0.25, 0.3) is 0 Å². The van der Waals surface area contributed by atoms with Crippen LogP contribution in [0.4, 0.5) is 0 Å². The summed E-state index contributed by atoms with van der Waals surface area (Å²) < 4.78 is 0. The summed E-state index contributed by atoms with van der Waals surface area (Å²) in [5, 5.41) is 8.90. The third-order valence-corrected chi connectivity index (χ3v) is 2.48. The van der Waals surface area contributed by atoms with E-state index >= 15 is 0 Å². The van der Waals surface area contributed by atoms with Crippen LogP contribution in [-0.4, -0.2) is 11.7 Å². The van der Waals surface area contributed by atoms with Crippen molar-refractivity contribution in [3.63, 3.8) is 0 Å². The van der Waals surface area contributed by atoms with Crippen LogP contribution in [-0.2, 0) is 0 Å². The molecule has 0 bridgehead atoms. The molecule has 0 unspecified atom stereocenters. The number of hydrogen-bond acceptors (Lipinski definition) is 1. The van der Waals surface area contributed by atoms with E-state index in [4.69, 9.17) is 5.11 Å². The summed E-state index contributed by atoms with van der Waals surface area (Å²) in [4.78, 5) is 0. The summed E-state index contributed by atoms with van der Waals surface area (Å²) in [6.07, 6.45) is 1.98. The molecule has 0 spiro atoms. The highest BCUT2D eigenvalue weighted by atomic mass is 16.3. The second-order valence-electron chi connectivity index (χ2n) is 3.53. The molecule has 1 aromatic rings. The Hall–Kier alpha value is -0.820. The molecule has 0 radical (unpaired) electrons. The van der Waals surface area contributed by atoms with Crippen molar-refractivity contribution in [3.05, 3.63) is 35.4 Å². The molecule has 1 N–H and O–H groups in total. The van der Waals surface area contributed by atoms with Gasteiger partial charge >= 0.3 is 0 Å². The van der Waals surface area contributed by atoms with E-state index in [9.17, 15) is 0 Å². The van der Waals surface area contributed by atoms with E-state index in [1.807, 2.05) is 0 Å². The van der Waals surface area contributed by atoms with Crippen LogP contribution < -0.4 is 0 Å². The van der Waals surface area contributed by atoms with Crippen molar-refractivity contribution in [2.45, 2.75) is 32.6 Å². The van der Waals surface area contributed by atoms with Crippen molar-refractivity contribution < 1.29 is 5.11 Å². The predicted molar refractivity (Wildman–Crippen MR) is 55.9 cm³/mol. The lowest BCUT2D eigenvalue weighted by Crippen LogP contribution is -2.00. The van der Waals surface area contributed by atoms with E-state index in [1.54, 1.807) is 0 Å². The van der Waals surface area contributed by atoms with Crippen molar-refractivity contribution in [1.29, 1.82) is 0 Å². The summed E-state index contributed by atoms with van der Waals surface area (Å²) in [6.45, 7) is 4.56. The number of aliphatic hydroxyl groups excluding tert-OH is 1. The van der Waals surface area contributed by atoms with Crippen molar-refractivity contribution in [1.82, 2.24) is 0 Å². The minimum atomic E-state index is 0.284. The molecule has 72 valence electrons. The standard InChI is InChI=1S/C12H18O/c1-3-11(7-8-13)12-6-4-5-10(2)9-12/h4-6,9,11,13H,3,7-8H2,1-2H3/t11-/m1/s1. The van der Waals surface area contributed by atoms with E-state index in [1.165, 1.54) is 11.1 Å². The first-order valence-electron chi connectivity index (χ1n) is 4.95. The highest BCUT2D eigenvalue weighted by Crippen LogP contribution is 2.23. The SMILES string of the molecule is CC[C@H](CCO)c1cccc(C)c1. The van der Waals surface area contributed by atoms with Crippen LogP contribution in [0.2, 0.25) is 0 Å². The van der Waals surface area contributed by atoms with Gasteiger partial charge in [-0.2, -0.15) is 0 Å². The molecule has 1 aromatic carbocycles. The maximum atomic E-state index is 8.90. The first-order valence-corrected chi connectivity index (χ1v) is 4.95. The molecule has 0 saturated heterocycles. The van der Waals surface area contributed by atoms with Crippen LogP contribution in [0.3, 0.4) is 0 Å².